The number of halogens is 1. The average molecular weight is 288 g/mol. The van der Waals surface area contributed by atoms with E-state index in [9.17, 15) is 0 Å². The summed E-state index contributed by atoms with van der Waals surface area (Å²) in [6.07, 6.45) is 2.64. The van der Waals surface area contributed by atoms with E-state index in [0.29, 0.717) is 10.8 Å². The van der Waals surface area contributed by atoms with Gasteiger partial charge in [-0.15, -0.1) is 0 Å². The number of hydrogen-bond donors (Lipinski definition) is 1. The SMILES string of the molecule is COc1cc(-c2ccc(CNC3CC3)cc2)ccc1Cl. The molecule has 0 heterocycles. The summed E-state index contributed by atoms with van der Waals surface area (Å²) in [4.78, 5) is 0. The van der Waals surface area contributed by atoms with Gasteiger partial charge in [0.05, 0.1) is 12.1 Å². The van der Waals surface area contributed by atoms with Crippen LogP contribution in [-0.4, -0.2) is 13.2 Å². The molecule has 0 bridgehead atoms. The lowest BCUT2D eigenvalue weighted by atomic mass is 10.0. The second-order valence-corrected chi connectivity index (χ2v) is 5.61. The van der Waals surface area contributed by atoms with Crippen molar-refractivity contribution >= 4 is 11.6 Å². The molecule has 0 aromatic heterocycles. The minimum absolute atomic E-state index is 0.640. The zero-order chi connectivity index (χ0) is 13.9. The monoisotopic (exact) mass is 287 g/mol. The van der Waals surface area contributed by atoms with Crippen molar-refractivity contribution < 1.29 is 4.74 Å². The zero-order valence-electron chi connectivity index (χ0n) is 11.5. The predicted octanol–water partition coefficient (Wildman–Crippen LogP) is 4.27. The van der Waals surface area contributed by atoms with Gasteiger partial charge in [0.25, 0.3) is 0 Å². The average Bonchev–Trinajstić information content (AvgIpc) is 3.30. The number of nitrogens with one attached hydrogen (secondary N) is 1. The summed E-state index contributed by atoms with van der Waals surface area (Å²) in [7, 11) is 1.64. The van der Waals surface area contributed by atoms with E-state index in [1.54, 1.807) is 7.11 Å². The van der Waals surface area contributed by atoms with Crippen LogP contribution in [0.4, 0.5) is 0 Å². The van der Waals surface area contributed by atoms with Gasteiger partial charge in [-0.05, 0) is 41.7 Å². The van der Waals surface area contributed by atoms with Crippen LogP contribution in [0, 0.1) is 0 Å². The van der Waals surface area contributed by atoms with Gasteiger partial charge >= 0.3 is 0 Å². The first kappa shape index (κ1) is 13.5. The number of methoxy groups -OCH3 is 1. The Bertz CT molecular complexity index is 590. The van der Waals surface area contributed by atoms with Crippen molar-refractivity contribution in [3.63, 3.8) is 0 Å². The third-order valence-corrected chi connectivity index (χ3v) is 3.92. The Kier molecular flexibility index (Phi) is 3.95. The van der Waals surface area contributed by atoms with Gasteiger partial charge in [0.1, 0.15) is 5.75 Å². The molecule has 2 aromatic rings. The molecule has 1 N–H and O–H groups in total. The van der Waals surface area contributed by atoms with E-state index in [-0.39, 0.29) is 0 Å². The highest BCUT2D eigenvalue weighted by Gasteiger charge is 2.19. The Morgan fingerprint density at radius 1 is 1.10 bits per heavy atom. The van der Waals surface area contributed by atoms with E-state index in [2.05, 4.69) is 29.6 Å². The lowest BCUT2D eigenvalue weighted by molar-refractivity contribution is 0.415. The van der Waals surface area contributed by atoms with Gasteiger partial charge in [-0.1, -0.05) is 41.9 Å². The van der Waals surface area contributed by atoms with Gasteiger partial charge in [0, 0.05) is 12.6 Å². The Labute approximate surface area is 124 Å². The molecule has 0 aliphatic heterocycles. The minimum Gasteiger partial charge on any atom is -0.495 e. The Morgan fingerprint density at radius 2 is 1.80 bits per heavy atom. The van der Waals surface area contributed by atoms with Gasteiger partial charge in [0.2, 0.25) is 0 Å². The zero-order valence-corrected chi connectivity index (χ0v) is 12.3. The van der Waals surface area contributed by atoms with E-state index in [1.165, 1.54) is 24.0 Å². The van der Waals surface area contributed by atoms with E-state index in [1.807, 2.05) is 18.2 Å². The highest BCUT2D eigenvalue weighted by atomic mass is 35.5. The molecule has 1 saturated carbocycles. The topological polar surface area (TPSA) is 21.3 Å². The largest absolute Gasteiger partial charge is 0.495 e. The molecule has 104 valence electrons. The summed E-state index contributed by atoms with van der Waals surface area (Å²) >= 11 is 6.05. The molecule has 0 spiro atoms. The lowest BCUT2D eigenvalue weighted by Gasteiger charge is -2.08. The second-order valence-electron chi connectivity index (χ2n) is 5.20. The van der Waals surface area contributed by atoms with Crippen LogP contribution in [0.5, 0.6) is 5.75 Å². The van der Waals surface area contributed by atoms with Crippen molar-refractivity contribution in [1.82, 2.24) is 5.32 Å². The van der Waals surface area contributed by atoms with E-state index < -0.39 is 0 Å². The third kappa shape index (κ3) is 3.14. The molecule has 3 rings (SSSR count). The minimum atomic E-state index is 0.640. The summed E-state index contributed by atoms with van der Waals surface area (Å²) in [6.45, 7) is 0.953. The van der Waals surface area contributed by atoms with Crippen LogP contribution in [0.3, 0.4) is 0 Å². The number of rotatable bonds is 5. The van der Waals surface area contributed by atoms with E-state index in [4.69, 9.17) is 16.3 Å². The normalized spacial score (nSPS) is 14.3. The second kappa shape index (κ2) is 5.86. The highest BCUT2D eigenvalue weighted by Crippen LogP contribution is 2.30. The molecular weight excluding hydrogens is 270 g/mol. The molecule has 2 aromatic carbocycles. The first-order valence-corrected chi connectivity index (χ1v) is 7.30. The van der Waals surface area contributed by atoms with E-state index >= 15 is 0 Å². The van der Waals surface area contributed by atoms with Crippen LogP contribution in [0.1, 0.15) is 18.4 Å². The maximum absolute atomic E-state index is 6.05. The molecule has 2 nitrogen and oxygen atoms in total. The molecule has 20 heavy (non-hydrogen) atoms. The summed E-state index contributed by atoms with van der Waals surface area (Å²) < 4.78 is 5.26. The Balaban J connectivity index is 1.75. The summed E-state index contributed by atoms with van der Waals surface area (Å²) in [5.41, 5.74) is 3.62. The van der Waals surface area contributed by atoms with Crippen LogP contribution in [0.25, 0.3) is 11.1 Å². The third-order valence-electron chi connectivity index (χ3n) is 3.61. The quantitative estimate of drug-likeness (QED) is 0.887. The Morgan fingerprint density at radius 3 is 2.45 bits per heavy atom. The first-order chi connectivity index (χ1) is 9.76. The van der Waals surface area contributed by atoms with Gasteiger partial charge in [-0.2, -0.15) is 0 Å². The predicted molar refractivity (Wildman–Crippen MR) is 83.3 cm³/mol. The van der Waals surface area contributed by atoms with Gasteiger partial charge in [-0.25, -0.2) is 0 Å². The fraction of sp³-hybridized carbons (Fsp3) is 0.294. The molecular formula is C17H18ClNO. The van der Waals surface area contributed by atoms with Crippen LogP contribution in [0.15, 0.2) is 42.5 Å². The summed E-state index contributed by atoms with van der Waals surface area (Å²) in [6, 6.07) is 15.2. The van der Waals surface area contributed by atoms with Crippen molar-refractivity contribution in [3.05, 3.63) is 53.1 Å². The van der Waals surface area contributed by atoms with Gasteiger partial charge in [0.15, 0.2) is 0 Å². The fourth-order valence-corrected chi connectivity index (χ4v) is 2.40. The van der Waals surface area contributed by atoms with Crippen molar-refractivity contribution in [1.29, 1.82) is 0 Å². The van der Waals surface area contributed by atoms with Crippen molar-refractivity contribution in [2.24, 2.45) is 0 Å². The molecule has 3 heteroatoms. The summed E-state index contributed by atoms with van der Waals surface area (Å²) in [5.74, 6) is 0.712. The van der Waals surface area contributed by atoms with Crippen LogP contribution >= 0.6 is 11.6 Å². The smallest absolute Gasteiger partial charge is 0.138 e. The molecule has 1 fully saturated rings. The summed E-state index contributed by atoms with van der Waals surface area (Å²) in [5, 5.41) is 4.16. The molecule has 0 radical (unpaired) electrons. The molecule has 0 atom stereocenters. The Hall–Kier alpha value is -1.51. The van der Waals surface area contributed by atoms with Crippen LogP contribution < -0.4 is 10.1 Å². The van der Waals surface area contributed by atoms with Crippen LogP contribution in [0.2, 0.25) is 5.02 Å². The van der Waals surface area contributed by atoms with Crippen molar-refractivity contribution in [2.45, 2.75) is 25.4 Å². The standard InChI is InChI=1S/C17H18ClNO/c1-20-17-10-14(6-9-16(17)18)13-4-2-12(3-5-13)11-19-15-7-8-15/h2-6,9-10,15,19H,7-8,11H2,1H3. The number of ether oxygens (including phenoxy) is 1. The highest BCUT2D eigenvalue weighted by molar-refractivity contribution is 6.32. The number of benzene rings is 2. The number of hydrogen-bond acceptors (Lipinski definition) is 2. The fourth-order valence-electron chi connectivity index (χ4n) is 2.20. The van der Waals surface area contributed by atoms with E-state index in [0.717, 1.165) is 18.2 Å². The molecule has 0 amide bonds. The molecule has 1 aliphatic carbocycles. The van der Waals surface area contributed by atoms with Crippen molar-refractivity contribution in [3.8, 4) is 16.9 Å². The first-order valence-electron chi connectivity index (χ1n) is 6.92. The van der Waals surface area contributed by atoms with Gasteiger partial charge in [-0.3, -0.25) is 0 Å². The lowest BCUT2D eigenvalue weighted by Crippen LogP contribution is -2.14. The van der Waals surface area contributed by atoms with Crippen LogP contribution in [-0.2, 0) is 6.54 Å². The van der Waals surface area contributed by atoms with Gasteiger partial charge < -0.3 is 10.1 Å². The molecule has 0 saturated heterocycles. The van der Waals surface area contributed by atoms with Crippen molar-refractivity contribution in [2.75, 3.05) is 7.11 Å². The molecule has 1 aliphatic rings. The molecule has 0 unspecified atom stereocenters. The maximum atomic E-state index is 6.05. The maximum Gasteiger partial charge on any atom is 0.138 e.